The third-order valence-corrected chi connectivity index (χ3v) is 2.57. The fourth-order valence-electron chi connectivity index (χ4n) is 1.49. The van der Waals surface area contributed by atoms with E-state index in [-0.39, 0.29) is 24.8 Å². The van der Waals surface area contributed by atoms with E-state index < -0.39 is 0 Å². The Labute approximate surface area is 102 Å². The minimum Gasteiger partial charge on any atom is -0.368 e. The maximum absolute atomic E-state index is 5.81. The number of epoxide rings is 2. The molecule has 2 fully saturated rings. The molecule has 5 nitrogen and oxygen atoms in total. The minimum absolute atomic E-state index is 0.0630. The Morgan fingerprint density at radius 2 is 1.35 bits per heavy atom. The lowest BCUT2D eigenvalue weighted by atomic mass is 10.4. The van der Waals surface area contributed by atoms with Crippen molar-refractivity contribution in [2.24, 2.45) is 0 Å². The van der Waals surface area contributed by atoms with Crippen LogP contribution >= 0.6 is 0 Å². The third kappa shape index (κ3) is 4.52. The number of hydrogen-bond acceptors (Lipinski definition) is 5. The molecule has 0 aromatic rings. The number of hydrogen-bond donors (Lipinski definition) is 0. The van der Waals surface area contributed by atoms with Gasteiger partial charge in [-0.15, -0.1) is 0 Å². The van der Waals surface area contributed by atoms with Gasteiger partial charge in [0.2, 0.25) is 0 Å². The summed E-state index contributed by atoms with van der Waals surface area (Å²) in [4.78, 5) is 0. The molecule has 0 amide bonds. The van der Waals surface area contributed by atoms with Gasteiger partial charge in [0.15, 0.2) is 12.6 Å². The summed E-state index contributed by atoms with van der Waals surface area (Å²) in [6, 6.07) is 0. The zero-order valence-electron chi connectivity index (χ0n) is 10.6. The monoisotopic (exact) mass is 246 g/mol. The summed E-state index contributed by atoms with van der Waals surface area (Å²) in [7, 11) is 0. The second-order valence-corrected chi connectivity index (χ2v) is 4.36. The fraction of sp³-hybridized carbons (Fsp3) is 1.00. The van der Waals surface area contributed by atoms with Gasteiger partial charge in [-0.3, -0.25) is 0 Å². The Morgan fingerprint density at radius 3 is 1.65 bits per heavy atom. The van der Waals surface area contributed by atoms with Gasteiger partial charge in [0.1, 0.15) is 12.2 Å². The molecule has 0 spiro atoms. The highest BCUT2D eigenvalue weighted by Crippen LogP contribution is 2.25. The van der Waals surface area contributed by atoms with E-state index in [2.05, 4.69) is 13.8 Å². The summed E-state index contributed by atoms with van der Waals surface area (Å²) in [6.07, 6.45) is 1.42. The second kappa shape index (κ2) is 6.66. The van der Waals surface area contributed by atoms with Gasteiger partial charge in [-0.25, -0.2) is 0 Å². The molecular weight excluding hydrogens is 224 g/mol. The summed E-state index contributed by atoms with van der Waals surface area (Å²) < 4.78 is 27.5. The fourth-order valence-corrected chi connectivity index (χ4v) is 1.49. The van der Waals surface area contributed by atoms with Crippen molar-refractivity contribution in [1.82, 2.24) is 0 Å². The average Bonchev–Trinajstić information content (AvgIpc) is 3.18. The van der Waals surface area contributed by atoms with Crippen molar-refractivity contribution in [2.45, 2.75) is 51.5 Å². The van der Waals surface area contributed by atoms with Crippen LogP contribution in [0.2, 0.25) is 0 Å². The Morgan fingerprint density at radius 1 is 0.941 bits per heavy atom. The van der Waals surface area contributed by atoms with Crippen LogP contribution in [0.4, 0.5) is 0 Å². The zero-order chi connectivity index (χ0) is 12.1. The SMILES string of the molecule is CCCOC(OC(OCCC)C1CO1)C1CO1. The lowest BCUT2D eigenvalue weighted by molar-refractivity contribution is -0.256. The smallest absolute Gasteiger partial charge is 0.189 e. The van der Waals surface area contributed by atoms with E-state index in [4.69, 9.17) is 23.7 Å². The molecule has 0 aromatic carbocycles. The lowest BCUT2D eigenvalue weighted by Crippen LogP contribution is -2.34. The third-order valence-electron chi connectivity index (χ3n) is 2.57. The molecule has 4 unspecified atom stereocenters. The van der Waals surface area contributed by atoms with Crippen molar-refractivity contribution in [3.63, 3.8) is 0 Å². The molecule has 0 saturated carbocycles. The summed E-state index contributed by atoms with van der Waals surface area (Å²) >= 11 is 0. The van der Waals surface area contributed by atoms with Gasteiger partial charge in [-0.2, -0.15) is 0 Å². The molecular formula is C12H22O5. The molecule has 0 bridgehead atoms. The van der Waals surface area contributed by atoms with E-state index in [1.165, 1.54) is 0 Å². The quantitative estimate of drug-likeness (QED) is 0.429. The van der Waals surface area contributed by atoms with E-state index in [0.717, 1.165) is 12.8 Å². The van der Waals surface area contributed by atoms with Crippen LogP contribution in [0.3, 0.4) is 0 Å². The normalized spacial score (nSPS) is 30.0. The standard InChI is InChI=1S/C12H22O5/c1-3-5-13-11(9-7-15-9)17-12(10-8-16-10)14-6-4-2/h9-12H,3-8H2,1-2H3. The van der Waals surface area contributed by atoms with E-state index in [0.29, 0.717) is 26.4 Å². The van der Waals surface area contributed by atoms with Crippen LogP contribution in [0.25, 0.3) is 0 Å². The second-order valence-electron chi connectivity index (χ2n) is 4.36. The van der Waals surface area contributed by atoms with Crippen LogP contribution in [-0.2, 0) is 23.7 Å². The molecule has 2 saturated heterocycles. The molecule has 2 rings (SSSR count). The van der Waals surface area contributed by atoms with E-state index >= 15 is 0 Å². The van der Waals surface area contributed by atoms with Crippen LogP contribution in [0.1, 0.15) is 26.7 Å². The molecule has 4 atom stereocenters. The van der Waals surface area contributed by atoms with Gasteiger partial charge in [0.25, 0.3) is 0 Å². The van der Waals surface area contributed by atoms with Gasteiger partial charge in [-0.05, 0) is 12.8 Å². The Hall–Kier alpha value is -0.200. The van der Waals surface area contributed by atoms with Crippen molar-refractivity contribution in [1.29, 1.82) is 0 Å². The summed E-state index contributed by atoms with van der Waals surface area (Å²) in [5.41, 5.74) is 0. The van der Waals surface area contributed by atoms with Crippen molar-refractivity contribution in [3.05, 3.63) is 0 Å². The number of rotatable bonds is 10. The predicted molar refractivity (Wildman–Crippen MR) is 60.6 cm³/mol. The molecule has 2 heterocycles. The molecule has 0 aliphatic carbocycles. The Bertz CT molecular complexity index is 193. The molecule has 0 aromatic heterocycles. The van der Waals surface area contributed by atoms with Gasteiger partial charge in [-0.1, -0.05) is 13.8 Å². The maximum Gasteiger partial charge on any atom is 0.189 e. The van der Waals surface area contributed by atoms with Crippen molar-refractivity contribution >= 4 is 0 Å². The van der Waals surface area contributed by atoms with Crippen LogP contribution in [0, 0.1) is 0 Å². The maximum atomic E-state index is 5.81. The van der Waals surface area contributed by atoms with Crippen LogP contribution in [0.15, 0.2) is 0 Å². The van der Waals surface area contributed by atoms with E-state index in [1.807, 2.05) is 0 Å². The molecule has 0 N–H and O–H groups in total. The van der Waals surface area contributed by atoms with Gasteiger partial charge < -0.3 is 23.7 Å². The lowest BCUT2D eigenvalue weighted by Gasteiger charge is -2.22. The van der Waals surface area contributed by atoms with Crippen LogP contribution < -0.4 is 0 Å². The summed E-state index contributed by atoms with van der Waals surface area (Å²) in [6.45, 7) is 6.91. The summed E-state index contributed by atoms with van der Waals surface area (Å²) in [5, 5.41) is 0. The highest BCUT2D eigenvalue weighted by molar-refractivity contribution is 4.78. The molecule has 100 valence electrons. The van der Waals surface area contributed by atoms with Gasteiger partial charge in [0, 0.05) is 13.2 Å². The number of ether oxygens (including phenoxy) is 5. The van der Waals surface area contributed by atoms with Crippen molar-refractivity contribution in [3.8, 4) is 0 Å². The zero-order valence-corrected chi connectivity index (χ0v) is 10.6. The molecule has 2 aliphatic heterocycles. The Kier molecular flexibility index (Phi) is 5.18. The molecule has 17 heavy (non-hydrogen) atoms. The van der Waals surface area contributed by atoms with Crippen LogP contribution in [-0.4, -0.2) is 51.2 Å². The largest absolute Gasteiger partial charge is 0.368 e. The first kappa shape index (κ1) is 13.2. The van der Waals surface area contributed by atoms with E-state index in [9.17, 15) is 0 Å². The first-order valence-corrected chi connectivity index (χ1v) is 6.47. The topological polar surface area (TPSA) is 52.8 Å². The van der Waals surface area contributed by atoms with Crippen molar-refractivity contribution < 1.29 is 23.7 Å². The van der Waals surface area contributed by atoms with Gasteiger partial charge in [0.05, 0.1) is 13.2 Å². The van der Waals surface area contributed by atoms with Crippen LogP contribution in [0.5, 0.6) is 0 Å². The molecule has 0 radical (unpaired) electrons. The first-order chi connectivity index (χ1) is 8.35. The van der Waals surface area contributed by atoms with E-state index in [1.54, 1.807) is 0 Å². The minimum atomic E-state index is -0.319. The average molecular weight is 246 g/mol. The van der Waals surface area contributed by atoms with Gasteiger partial charge >= 0.3 is 0 Å². The molecule has 2 aliphatic rings. The highest BCUT2D eigenvalue weighted by Gasteiger charge is 2.41. The summed E-state index contributed by atoms with van der Waals surface area (Å²) in [5.74, 6) is 0. The molecule has 5 heteroatoms. The predicted octanol–water partition coefficient (Wildman–Crippen LogP) is 1.31. The Balaban J connectivity index is 1.76. The first-order valence-electron chi connectivity index (χ1n) is 6.47. The van der Waals surface area contributed by atoms with Crippen molar-refractivity contribution in [2.75, 3.05) is 26.4 Å². The highest BCUT2D eigenvalue weighted by atomic mass is 16.8.